The van der Waals surface area contributed by atoms with Crippen molar-refractivity contribution in [3.63, 3.8) is 0 Å². The highest BCUT2D eigenvalue weighted by atomic mass is 16.5. The smallest absolute Gasteiger partial charge is 0.310 e. The lowest BCUT2D eigenvalue weighted by Gasteiger charge is -2.29. The van der Waals surface area contributed by atoms with E-state index in [9.17, 15) is 9.59 Å². The molecule has 0 radical (unpaired) electrons. The highest BCUT2D eigenvalue weighted by Gasteiger charge is 2.23. The van der Waals surface area contributed by atoms with Crippen LogP contribution in [0.2, 0.25) is 0 Å². The van der Waals surface area contributed by atoms with Crippen LogP contribution in [0.15, 0.2) is 47.1 Å². The van der Waals surface area contributed by atoms with Gasteiger partial charge in [-0.25, -0.2) is 0 Å². The lowest BCUT2D eigenvalue weighted by Crippen LogP contribution is -2.42. The van der Waals surface area contributed by atoms with Gasteiger partial charge in [0.25, 0.3) is 5.91 Å². The Balaban J connectivity index is 1.39. The van der Waals surface area contributed by atoms with Crippen LogP contribution in [0.3, 0.4) is 0 Å². The number of ether oxygens (including phenoxy) is 1. The Bertz CT molecular complexity index is 1010. The van der Waals surface area contributed by atoms with Gasteiger partial charge in [-0.3, -0.25) is 9.59 Å². The molecule has 0 unspecified atom stereocenters. The lowest BCUT2D eigenvalue weighted by molar-refractivity contribution is -0.148. The zero-order chi connectivity index (χ0) is 19.5. The van der Waals surface area contributed by atoms with Gasteiger partial charge < -0.3 is 14.5 Å². The fourth-order valence-electron chi connectivity index (χ4n) is 4.14. The molecule has 5 nitrogen and oxygen atoms in total. The van der Waals surface area contributed by atoms with Gasteiger partial charge in [0.2, 0.25) is 0 Å². The van der Waals surface area contributed by atoms with Crippen LogP contribution < -0.4 is 5.32 Å². The number of nitrogens with one attached hydrogen (secondary N) is 1. The van der Waals surface area contributed by atoms with Crippen LogP contribution in [-0.2, 0) is 20.7 Å². The number of rotatable bonds is 5. The highest BCUT2D eigenvalue weighted by Crippen LogP contribution is 2.30. The predicted octanol–water partition coefficient (Wildman–Crippen LogP) is 4.37. The molecule has 1 aromatic heterocycles. The summed E-state index contributed by atoms with van der Waals surface area (Å²) in [6, 6.07) is 12.1. The monoisotopic (exact) mass is 379 g/mol. The second-order valence-electron chi connectivity index (χ2n) is 7.69. The fraction of sp³-hybridized carbons (Fsp3) is 0.391. The van der Waals surface area contributed by atoms with Gasteiger partial charge in [0.15, 0.2) is 6.61 Å². The maximum Gasteiger partial charge on any atom is 0.310 e. The molecule has 1 amide bonds. The average Bonchev–Trinajstić information content (AvgIpc) is 3.11. The molecule has 3 aromatic rings. The first-order valence-electron chi connectivity index (χ1n) is 9.94. The summed E-state index contributed by atoms with van der Waals surface area (Å²) >= 11 is 0. The number of hydrogen-bond donors (Lipinski definition) is 1. The Morgan fingerprint density at radius 3 is 2.82 bits per heavy atom. The van der Waals surface area contributed by atoms with E-state index in [-0.39, 0.29) is 25.0 Å². The van der Waals surface area contributed by atoms with Crippen LogP contribution >= 0.6 is 0 Å². The van der Waals surface area contributed by atoms with Gasteiger partial charge >= 0.3 is 5.97 Å². The minimum absolute atomic E-state index is 0.0775. The normalized spacial score (nSPS) is 19.6. The van der Waals surface area contributed by atoms with Crippen LogP contribution in [-0.4, -0.2) is 24.5 Å². The van der Waals surface area contributed by atoms with Crippen LogP contribution in [0.5, 0.6) is 0 Å². The van der Waals surface area contributed by atoms with E-state index in [2.05, 4.69) is 12.2 Å². The van der Waals surface area contributed by atoms with Gasteiger partial charge in [-0.1, -0.05) is 50.1 Å². The molecule has 4 rings (SSSR count). The minimum atomic E-state index is -0.428. The number of amides is 1. The molecular formula is C23H25NO4. The van der Waals surface area contributed by atoms with E-state index in [0.29, 0.717) is 5.92 Å². The largest absolute Gasteiger partial charge is 0.464 e. The molecule has 1 aliphatic rings. The van der Waals surface area contributed by atoms with Crippen molar-refractivity contribution in [3.8, 4) is 0 Å². The van der Waals surface area contributed by atoms with Crippen LogP contribution in [0, 0.1) is 5.92 Å². The summed E-state index contributed by atoms with van der Waals surface area (Å²) in [5, 5.41) is 6.06. The van der Waals surface area contributed by atoms with Crippen molar-refractivity contribution in [1.82, 2.24) is 5.32 Å². The van der Waals surface area contributed by atoms with Crippen molar-refractivity contribution in [2.45, 2.75) is 45.1 Å². The molecule has 146 valence electrons. The Morgan fingerprint density at radius 1 is 1.14 bits per heavy atom. The SMILES string of the molecule is C[C@@H]1CCCC[C@@H]1NC(=O)COC(=O)Cc1coc2ccc3ccccc3c12. The molecule has 5 heteroatoms. The van der Waals surface area contributed by atoms with E-state index in [0.717, 1.165) is 46.6 Å². The first-order valence-corrected chi connectivity index (χ1v) is 9.94. The maximum atomic E-state index is 12.3. The number of carbonyl (C=O) groups excluding carboxylic acids is 2. The molecule has 1 aliphatic carbocycles. The summed E-state index contributed by atoms with van der Waals surface area (Å²) in [7, 11) is 0. The fourth-order valence-corrected chi connectivity index (χ4v) is 4.14. The van der Waals surface area contributed by atoms with E-state index < -0.39 is 5.97 Å². The summed E-state index contributed by atoms with van der Waals surface area (Å²) in [6.45, 7) is 1.92. The number of esters is 1. The minimum Gasteiger partial charge on any atom is -0.464 e. The van der Waals surface area contributed by atoms with Crippen LogP contribution in [0.25, 0.3) is 21.7 Å². The third-order valence-corrected chi connectivity index (χ3v) is 5.70. The molecule has 2 atom stereocenters. The van der Waals surface area contributed by atoms with E-state index in [1.807, 2.05) is 36.4 Å². The van der Waals surface area contributed by atoms with Gasteiger partial charge in [-0.15, -0.1) is 0 Å². The number of fused-ring (bicyclic) bond motifs is 3. The lowest BCUT2D eigenvalue weighted by atomic mass is 9.86. The van der Waals surface area contributed by atoms with E-state index in [1.165, 1.54) is 6.42 Å². The summed E-state index contributed by atoms with van der Waals surface area (Å²) < 4.78 is 10.8. The van der Waals surface area contributed by atoms with Crippen molar-refractivity contribution in [2.75, 3.05) is 6.61 Å². The zero-order valence-corrected chi connectivity index (χ0v) is 16.1. The summed E-state index contributed by atoms with van der Waals surface area (Å²) in [5.41, 5.74) is 1.52. The number of hydrogen-bond acceptors (Lipinski definition) is 4. The molecule has 1 fully saturated rings. The molecule has 1 saturated carbocycles. The first kappa shape index (κ1) is 18.5. The molecule has 0 aliphatic heterocycles. The van der Waals surface area contributed by atoms with Gasteiger partial charge in [0.05, 0.1) is 12.7 Å². The van der Waals surface area contributed by atoms with Crippen molar-refractivity contribution >= 4 is 33.6 Å². The zero-order valence-electron chi connectivity index (χ0n) is 16.1. The van der Waals surface area contributed by atoms with Crippen molar-refractivity contribution in [1.29, 1.82) is 0 Å². The maximum absolute atomic E-state index is 12.3. The second kappa shape index (κ2) is 8.05. The summed E-state index contributed by atoms with van der Waals surface area (Å²) in [4.78, 5) is 24.5. The van der Waals surface area contributed by atoms with E-state index in [4.69, 9.17) is 9.15 Å². The van der Waals surface area contributed by atoms with Crippen molar-refractivity contribution in [2.24, 2.45) is 5.92 Å². The standard InChI is InChI=1S/C23H25NO4/c1-15-6-2-5-9-19(15)24-21(25)14-28-22(26)12-17-13-27-20-11-10-16-7-3-4-8-18(16)23(17)20/h3-4,7-8,10-11,13,15,19H,2,5-6,9,12,14H2,1H3,(H,24,25)/t15-,19+/m1/s1. The second-order valence-corrected chi connectivity index (χ2v) is 7.69. The Labute approximate surface area is 164 Å². The highest BCUT2D eigenvalue weighted by molar-refractivity contribution is 6.08. The van der Waals surface area contributed by atoms with Crippen molar-refractivity contribution in [3.05, 3.63) is 48.2 Å². The quantitative estimate of drug-likeness (QED) is 0.669. The third kappa shape index (κ3) is 3.88. The molecule has 0 spiro atoms. The topological polar surface area (TPSA) is 68.5 Å². The molecule has 1 heterocycles. The number of benzene rings is 2. The predicted molar refractivity (Wildman–Crippen MR) is 108 cm³/mol. The summed E-state index contributed by atoms with van der Waals surface area (Å²) in [6.07, 6.45) is 6.16. The van der Waals surface area contributed by atoms with Crippen LogP contribution in [0.1, 0.15) is 38.2 Å². The molecule has 2 aromatic carbocycles. The first-order chi connectivity index (χ1) is 13.6. The van der Waals surface area contributed by atoms with Gasteiger partial charge in [0.1, 0.15) is 5.58 Å². The third-order valence-electron chi connectivity index (χ3n) is 5.70. The van der Waals surface area contributed by atoms with E-state index >= 15 is 0 Å². The molecule has 28 heavy (non-hydrogen) atoms. The number of furan rings is 1. The molecule has 0 saturated heterocycles. The Hall–Kier alpha value is -2.82. The molecule has 0 bridgehead atoms. The van der Waals surface area contributed by atoms with Gasteiger partial charge in [-0.2, -0.15) is 0 Å². The van der Waals surface area contributed by atoms with E-state index in [1.54, 1.807) is 6.26 Å². The Morgan fingerprint density at radius 2 is 1.96 bits per heavy atom. The Kier molecular flexibility index (Phi) is 5.33. The van der Waals surface area contributed by atoms with Gasteiger partial charge in [0, 0.05) is 17.0 Å². The van der Waals surface area contributed by atoms with Gasteiger partial charge in [-0.05, 0) is 35.6 Å². The van der Waals surface area contributed by atoms with Crippen molar-refractivity contribution < 1.29 is 18.7 Å². The molecule has 1 N–H and O–H groups in total. The van der Waals surface area contributed by atoms with Crippen LogP contribution in [0.4, 0.5) is 0 Å². The summed E-state index contributed by atoms with van der Waals surface area (Å²) in [5.74, 6) is -0.184. The number of carbonyl (C=O) groups is 2. The average molecular weight is 379 g/mol. The molecular weight excluding hydrogens is 354 g/mol.